The molecule has 1 N–H and O–H groups in total. The molecular weight excluding hydrogens is 336 g/mol. The van der Waals surface area contributed by atoms with Crippen molar-refractivity contribution >= 4 is 0 Å². The molecule has 1 saturated heterocycles. The Morgan fingerprint density at radius 3 is 2.19 bits per heavy atom. The molecule has 4 unspecified atom stereocenters. The van der Waals surface area contributed by atoms with Crippen LogP contribution in [0.25, 0.3) is 0 Å². The van der Waals surface area contributed by atoms with E-state index in [1.54, 1.807) is 0 Å². The maximum Gasteiger partial charge on any atom is 0.169 e. The Kier molecular flexibility index (Phi) is 4.16. The molecule has 0 amide bonds. The van der Waals surface area contributed by atoms with Crippen LogP contribution in [0.2, 0.25) is 0 Å². The minimum atomic E-state index is -0.426. The summed E-state index contributed by atoms with van der Waals surface area (Å²) in [4.78, 5) is 0. The summed E-state index contributed by atoms with van der Waals surface area (Å²) in [6.07, 6.45) is 11.3. The van der Waals surface area contributed by atoms with Crippen molar-refractivity contribution in [1.82, 2.24) is 0 Å². The molecule has 1 aliphatic heterocycles. The number of fused-ring (bicyclic) bond motifs is 5. The van der Waals surface area contributed by atoms with Crippen LogP contribution in [-0.2, 0) is 9.47 Å². The van der Waals surface area contributed by atoms with Gasteiger partial charge in [-0.2, -0.15) is 0 Å². The molecule has 5 aliphatic rings. The van der Waals surface area contributed by atoms with Gasteiger partial charge in [0.2, 0.25) is 0 Å². The van der Waals surface area contributed by atoms with Crippen molar-refractivity contribution < 1.29 is 14.6 Å². The first-order valence-corrected chi connectivity index (χ1v) is 11.7. The summed E-state index contributed by atoms with van der Waals surface area (Å²) in [6.45, 7) is 11.0. The first-order valence-electron chi connectivity index (χ1n) is 11.7. The third-order valence-electron chi connectivity index (χ3n) is 10.4. The highest BCUT2D eigenvalue weighted by Crippen LogP contribution is 2.69. The highest BCUT2D eigenvalue weighted by molar-refractivity contribution is 5.11. The molecular formula is C24H40O3. The quantitative estimate of drug-likeness (QED) is 0.687. The van der Waals surface area contributed by atoms with Crippen LogP contribution in [0.1, 0.15) is 85.5 Å². The normalized spacial score (nSPS) is 57.0. The standard InChI is InChI=1S/C24H40O3/c1-21(25)11-12-22(2)16(15-21)5-6-17-18-7-8-20(24(4)26-13-14-27-24)23(18,3)10-9-19(17)22/h16-20,25H,5-15H2,1-4H3/t16?,17?,18?,19?,20-,21+,22-,23-/m0/s1. The summed E-state index contributed by atoms with van der Waals surface area (Å²) in [5.74, 6) is 3.51. The summed E-state index contributed by atoms with van der Waals surface area (Å²) in [5, 5.41) is 10.7. The molecule has 0 aromatic carbocycles. The van der Waals surface area contributed by atoms with E-state index in [0.29, 0.717) is 16.7 Å². The van der Waals surface area contributed by atoms with E-state index in [2.05, 4.69) is 27.7 Å². The van der Waals surface area contributed by atoms with Crippen LogP contribution >= 0.6 is 0 Å². The van der Waals surface area contributed by atoms with Crippen LogP contribution in [0.15, 0.2) is 0 Å². The van der Waals surface area contributed by atoms with Gasteiger partial charge >= 0.3 is 0 Å². The maximum atomic E-state index is 10.7. The van der Waals surface area contributed by atoms with Gasteiger partial charge in [0.25, 0.3) is 0 Å². The molecule has 0 aromatic rings. The van der Waals surface area contributed by atoms with Crippen LogP contribution in [0.5, 0.6) is 0 Å². The van der Waals surface area contributed by atoms with Gasteiger partial charge in [-0.15, -0.1) is 0 Å². The fourth-order valence-corrected chi connectivity index (χ4v) is 9.02. The predicted molar refractivity (Wildman–Crippen MR) is 106 cm³/mol. The van der Waals surface area contributed by atoms with Gasteiger partial charge in [-0.1, -0.05) is 13.8 Å². The molecule has 1 heterocycles. The number of hydrogen-bond acceptors (Lipinski definition) is 3. The predicted octanol–water partition coefficient (Wildman–Crippen LogP) is 5.16. The number of ether oxygens (including phenoxy) is 2. The van der Waals surface area contributed by atoms with Crippen molar-refractivity contribution in [2.24, 2.45) is 40.4 Å². The molecule has 5 rings (SSSR count). The summed E-state index contributed by atoms with van der Waals surface area (Å²) in [6, 6.07) is 0. The van der Waals surface area contributed by atoms with Crippen molar-refractivity contribution in [3.63, 3.8) is 0 Å². The van der Waals surface area contributed by atoms with Crippen LogP contribution in [-0.4, -0.2) is 29.7 Å². The monoisotopic (exact) mass is 376 g/mol. The Morgan fingerprint density at radius 2 is 1.44 bits per heavy atom. The third-order valence-corrected chi connectivity index (χ3v) is 10.4. The van der Waals surface area contributed by atoms with Crippen molar-refractivity contribution in [3.05, 3.63) is 0 Å². The fourth-order valence-electron chi connectivity index (χ4n) is 9.02. The second kappa shape index (κ2) is 5.95. The summed E-state index contributed by atoms with van der Waals surface area (Å²) < 4.78 is 12.3. The SMILES string of the molecule is CC1([C@H]2CCC3C4CCC5C[C@](C)(O)CC[C@]5(C)C4CC[C@@]32C)OCCO1. The molecule has 4 saturated carbocycles. The van der Waals surface area contributed by atoms with E-state index in [-0.39, 0.29) is 5.79 Å². The lowest BCUT2D eigenvalue weighted by Gasteiger charge is -2.62. The van der Waals surface area contributed by atoms with Crippen LogP contribution in [0, 0.1) is 40.4 Å². The summed E-state index contributed by atoms with van der Waals surface area (Å²) in [7, 11) is 0. The Labute approximate surface area is 165 Å². The zero-order chi connectivity index (χ0) is 19.1. The smallest absolute Gasteiger partial charge is 0.169 e. The second-order valence-corrected chi connectivity index (χ2v) is 11.7. The van der Waals surface area contributed by atoms with E-state index >= 15 is 0 Å². The van der Waals surface area contributed by atoms with E-state index in [1.165, 1.54) is 44.9 Å². The lowest BCUT2D eigenvalue weighted by atomic mass is 9.44. The van der Waals surface area contributed by atoms with Gasteiger partial charge in [0.1, 0.15) is 0 Å². The molecule has 0 radical (unpaired) electrons. The van der Waals surface area contributed by atoms with Crippen molar-refractivity contribution in [2.75, 3.05) is 13.2 Å². The third kappa shape index (κ3) is 2.63. The molecule has 154 valence electrons. The molecule has 0 aromatic heterocycles. The van der Waals surface area contributed by atoms with Gasteiger partial charge in [0, 0.05) is 5.92 Å². The van der Waals surface area contributed by atoms with Crippen LogP contribution < -0.4 is 0 Å². The van der Waals surface area contributed by atoms with E-state index in [1.807, 2.05) is 0 Å². The van der Waals surface area contributed by atoms with Gasteiger partial charge in [0.15, 0.2) is 5.79 Å². The van der Waals surface area contributed by atoms with E-state index < -0.39 is 5.60 Å². The molecule has 27 heavy (non-hydrogen) atoms. The van der Waals surface area contributed by atoms with E-state index in [9.17, 15) is 5.11 Å². The van der Waals surface area contributed by atoms with Crippen LogP contribution in [0.3, 0.4) is 0 Å². The minimum Gasteiger partial charge on any atom is -0.390 e. The molecule has 5 fully saturated rings. The molecule has 0 bridgehead atoms. The zero-order valence-electron chi connectivity index (χ0n) is 17.9. The number of rotatable bonds is 1. The van der Waals surface area contributed by atoms with Crippen molar-refractivity contribution in [1.29, 1.82) is 0 Å². The van der Waals surface area contributed by atoms with Crippen LogP contribution in [0.4, 0.5) is 0 Å². The van der Waals surface area contributed by atoms with Crippen molar-refractivity contribution in [2.45, 2.75) is 96.9 Å². The van der Waals surface area contributed by atoms with Gasteiger partial charge < -0.3 is 14.6 Å². The fraction of sp³-hybridized carbons (Fsp3) is 1.00. The van der Waals surface area contributed by atoms with Crippen molar-refractivity contribution in [3.8, 4) is 0 Å². The largest absolute Gasteiger partial charge is 0.390 e. The average Bonchev–Trinajstić information content (AvgIpc) is 3.19. The summed E-state index contributed by atoms with van der Waals surface area (Å²) >= 11 is 0. The van der Waals surface area contributed by atoms with Gasteiger partial charge in [-0.25, -0.2) is 0 Å². The first-order chi connectivity index (χ1) is 12.7. The lowest BCUT2D eigenvalue weighted by Crippen LogP contribution is -2.56. The molecule has 0 spiro atoms. The Hall–Kier alpha value is -0.120. The Bertz CT molecular complexity index is 594. The van der Waals surface area contributed by atoms with E-state index in [4.69, 9.17) is 9.47 Å². The van der Waals surface area contributed by atoms with Gasteiger partial charge in [0.05, 0.1) is 18.8 Å². The zero-order valence-corrected chi connectivity index (χ0v) is 17.9. The highest BCUT2D eigenvalue weighted by atomic mass is 16.7. The highest BCUT2D eigenvalue weighted by Gasteiger charge is 2.64. The molecule has 8 atom stereocenters. The number of aliphatic hydroxyl groups is 1. The minimum absolute atomic E-state index is 0.346. The molecule has 4 aliphatic carbocycles. The second-order valence-electron chi connectivity index (χ2n) is 11.7. The van der Waals surface area contributed by atoms with Gasteiger partial charge in [-0.05, 0) is 106 Å². The number of hydrogen-bond donors (Lipinski definition) is 1. The average molecular weight is 377 g/mol. The van der Waals surface area contributed by atoms with E-state index in [0.717, 1.165) is 49.7 Å². The molecule has 3 nitrogen and oxygen atoms in total. The topological polar surface area (TPSA) is 38.7 Å². The lowest BCUT2D eigenvalue weighted by molar-refractivity contribution is -0.219. The Morgan fingerprint density at radius 1 is 0.741 bits per heavy atom. The molecule has 3 heteroatoms. The summed E-state index contributed by atoms with van der Waals surface area (Å²) in [5.41, 5.74) is 0.406. The first kappa shape index (κ1) is 18.9. The van der Waals surface area contributed by atoms with Gasteiger partial charge in [-0.3, -0.25) is 0 Å². The maximum absolute atomic E-state index is 10.7. The Balaban J connectivity index is 1.41.